The van der Waals surface area contributed by atoms with Gasteiger partial charge >= 0.3 is 5.97 Å². The monoisotopic (exact) mass is 313 g/mol. The van der Waals surface area contributed by atoms with Gasteiger partial charge in [-0.15, -0.1) is 0 Å². The average Bonchev–Trinajstić information content (AvgIpc) is 2.47. The highest BCUT2D eigenvalue weighted by molar-refractivity contribution is 6.33. The molecule has 8 heteroatoms. The van der Waals surface area contributed by atoms with E-state index in [9.17, 15) is 9.59 Å². The van der Waals surface area contributed by atoms with Gasteiger partial charge in [0.2, 0.25) is 5.91 Å². The summed E-state index contributed by atoms with van der Waals surface area (Å²) in [6, 6.07) is 2.54. The van der Waals surface area contributed by atoms with Crippen LogP contribution in [0.25, 0.3) is 0 Å². The third-order valence-corrected chi connectivity index (χ3v) is 3.42. The molecule has 0 radical (unpaired) electrons. The maximum atomic E-state index is 12.1. The Kier molecular flexibility index (Phi) is 4.98. The predicted molar refractivity (Wildman–Crippen MR) is 76.8 cm³/mol. The van der Waals surface area contributed by atoms with Crippen molar-refractivity contribution in [2.75, 3.05) is 31.2 Å². The van der Waals surface area contributed by atoms with Crippen molar-refractivity contribution in [3.05, 3.63) is 22.8 Å². The highest BCUT2D eigenvalue weighted by Gasteiger charge is 2.30. The fourth-order valence-electron chi connectivity index (χ4n) is 2.13. The van der Waals surface area contributed by atoms with E-state index in [2.05, 4.69) is 10.3 Å². The van der Waals surface area contributed by atoms with Crippen molar-refractivity contribution in [3.8, 4) is 0 Å². The molecule has 2 rings (SSSR count). The molecule has 21 heavy (non-hydrogen) atoms. The molecule has 0 saturated carbocycles. The second-order valence-electron chi connectivity index (χ2n) is 4.48. The van der Waals surface area contributed by atoms with E-state index >= 15 is 0 Å². The first-order valence-corrected chi connectivity index (χ1v) is 6.94. The Morgan fingerprint density at radius 1 is 1.57 bits per heavy atom. The molecule has 1 atom stereocenters. The van der Waals surface area contributed by atoms with E-state index in [1.807, 2.05) is 6.92 Å². The number of nitrogens with zero attached hydrogens (tertiary/aromatic N) is 2. The summed E-state index contributed by atoms with van der Waals surface area (Å²) in [5.74, 6) is -0.980. The Labute approximate surface area is 126 Å². The number of aromatic nitrogens is 1. The molecule has 1 unspecified atom stereocenters. The molecule has 0 spiro atoms. The van der Waals surface area contributed by atoms with E-state index in [4.69, 9.17) is 21.4 Å². The van der Waals surface area contributed by atoms with Crippen LogP contribution in [-0.4, -0.2) is 54.3 Å². The molecule has 0 aliphatic carbocycles. The van der Waals surface area contributed by atoms with Gasteiger partial charge in [0, 0.05) is 13.1 Å². The minimum Gasteiger partial charge on any atom is -0.476 e. The molecule has 0 bridgehead atoms. The van der Waals surface area contributed by atoms with Gasteiger partial charge in [0.1, 0.15) is 11.9 Å². The summed E-state index contributed by atoms with van der Waals surface area (Å²) >= 11 is 5.81. The van der Waals surface area contributed by atoms with Gasteiger partial charge in [-0.2, -0.15) is 0 Å². The number of aromatic carboxylic acids is 1. The van der Waals surface area contributed by atoms with Gasteiger partial charge in [0.15, 0.2) is 5.69 Å². The molecule has 1 amide bonds. The first-order valence-electron chi connectivity index (χ1n) is 6.56. The quantitative estimate of drug-likeness (QED) is 0.853. The number of carboxylic acid groups (broad SMARTS) is 1. The summed E-state index contributed by atoms with van der Waals surface area (Å²) in [4.78, 5) is 29.0. The number of amides is 1. The van der Waals surface area contributed by atoms with E-state index < -0.39 is 12.0 Å². The number of carbonyl (C=O) groups excluding carboxylic acids is 1. The van der Waals surface area contributed by atoms with E-state index in [1.54, 1.807) is 11.0 Å². The standard InChI is InChI=1S/C13H16ClN3O4/c1-2-15-12(18)9-7-21-6-5-17(9)10-4-3-8(14)11(16-10)13(19)20/h3-4,9H,2,5-7H2,1H3,(H,15,18)(H,19,20). The number of likely N-dealkylation sites (N-methyl/N-ethyl adjacent to an activating group) is 1. The lowest BCUT2D eigenvalue weighted by atomic mass is 10.2. The summed E-state index contributed by atoms with van der Waals surface area (Å²) in [5.41, 5.74) is -0.227. The van der Waals surface area contributed by atoms with E-state index in [1.165, 1.54) is 6.07 Å². The van der Waals surface area contributed by atoms with E-state index in [0.29, 0.717) is 25.5 Å². The van der Waals surface area contributed by atoms with Gasteiger partial charge < -0.3 is 20.1 Å². The number of carbonyl (C=O) groups is 2. The molecule has 1 saturated heterocycles. The number of ether oxygens (including phenoxy) is 1. The zero-order valence-corrected chi connectivity index (χ0v) is 12.3. The average molecular weight is 314 g/mol. The van der Waals surface area contributed by atoms with Crippen LogP contribution in [0.5, 0.6) is 0 Å². The molecule has 114 valence electrons. The molecule has 0 aromatic carbocycles. The Morgan fingerprint density at radius 3 is 3.00 bits per heavy atom. The van der Waals surface area contributed by atoms with Gasteiger partial charge in [-0.3, -0.25) is 4.79 Å². The highest BCUT2D eigenvalue weighted by atomic mass is 35.5. The molecular formula is C13H16ClN3O4. The molecule has 1 aromatic rings. The highest BCUT2D eigenvalue weighted by Crippen LogP contribution is 2.22. The number of halogens is 1. The van der Waals surface area contributed by atoms with Gasteiger partial charge in [0.05, 0.1) is 18.2 Å². The number of rotatable bonds is 4. The van der Waals surface area contributed by atoms with Crippen LogP contribution in [0.4, 0.5) is 5.82 Å². The Morgan fingerprint density at radius 2 is 2.33 bits per heavy atom. The topological polar surface area (TPSA) is 91.8 Å². The number of carboxylic acids is 1. The first kappa shape index (κ1) is 15.5. The van der Waals surface area contributed by atoms with Crippen molar-refractivity contribution in [2.24, 2.45) is 0 Å². The molecular weight excluding hydrogens is 298 g/mol. The van der Waals surface area contributed by atoms with Gasteiger partial charge in [-0.05, 0) is 19.1 Å². The Balaban J connectivity index is 2.31. The first-order chi connectivity index (χ1) is 10.0. The zero-order valence-electron chi connectivity index (χ0n) is 11.5. The lowest BCUT2D eigenvalue weighted by molar-refractivity contribution is -0.124. The van der Waals surface area contributed by atoms with Crippen molar-refractivity contribution < 1.29 is 19.4 Å². The second kappa shape index (κ2) is 6.73. The van der Waals surface area contributed by atoms with Crippen molar-refractivity contribution in [2.45, 2.75) is 13.0 Å². The lowest BCUT2D eigenvalue weighted by Gasteiger charge is -2.35. The maximum Gasteiger partial charge on any atom is 0.356 e. The summed E-state index contributed by atoms with van der Waals surface area (Å²) < 4.78 is 5.33. The second-order valence-corrected chi connectivity index (χ2v) is 4.89. The largest absolute Gasteiger partial charge is 0.476 e. The maximum absolute atomic E-state index is 12.1. The normalized spacial score (nSPS) is 18.4. The van der Waals surface area contributed by atoms with Gasteiger partial charge in [0.25, 0.3) is 0 Å². The van der Waals surface area contributed by atoms with Gasteiger partial charge in [-0.1, -0.05) is 11.6 Å². The van der Waals surface area contributed by atoms with Crippen LogP contribution in [0.2, 0.25) is 5.02 Å². The summed E-state index contributed by atoms with van der Waals surface area (Å²) in [6.45, 7) is 3.48. The van der Waals surface area contributed by atoms with Crippen molar-refractivity contribution in [3.63, 3.8) is 0 Å². The lowest BCUT2D eigenvalue weighted by Crippen LogP contribution is -2.54. The zero-order chi connectivity index (χ0) is 15.4. The SMILES string of the molecule is CCNC(=O)C1COCCN1c1ccc(Cl)c(C(=O)O)n1. The molecule has 1 aromatic heterocycles. The van der Waals surface area contributed by atoms with Crippen LogP contribution in [0.1, 0.15) is 17.4 Å². The third kappa shape index (κ3) is 3.43. The number of hydrogen-bond acceptors (Lipinski definition) is 5. The predicted octanol–water partition coefficient (Wildman–Crippen LogP) is 0.774. The van der Waals surface area contributed by atoms with Crippen LogP contribution >= 0.6 is 11.6 Å². The fourth-order valence-corrected chi connectivity index (χ4v) is 2.32. The molecule has 7 nitrogen and oxygen atoms in total. The minimum atomic E-state index is -1.20. The summed E-state index contributed by atoms with van der Waals surface area (Å²) in [6.07, 6.45) is 0. The number of pyridine rings is 1. The van der Waals surface area contributed by atoms with Crippen LogP contribution in [0, 0.1) is 0 Å². The van der Waals surface area contributed by atoms with Crippen LogP contribution in [0.15, 0.2) is 12.1 Å². The van der Waals surface area contributed by atoms with Crippen LogP contribution in [0.3, 0.4) is 0 Å². The number of anilines is 1. The molecule has 1 aliphatic rings. The molecule has 2 N–H and O–H groups in total. The Hall–Kier alpha value is -1.86. The van der Waals surface area contributed by atoms with Crippen molar-refractivity contribution in [1.82, 2.24) is 10.3 Å². The number of morpholine rings is 1. The number of hydrogen-bond donors (Lipinski definition) is 2. The van der Waals surface area contributed by atoms with Crippen molar-refractivity contribution >= 4 is 29.3 Å². The van der Waals surface area contributed by atoms with Gasteiger partial charge in [-0.25, -0.2) is 9.78 Å². The van der Waals surface area contributed by atoms with E-state index in [-0.39, 0.29) is 23.2 Å². The Bertz CT molecular complexity index is 552. The number of nitrogens with one attached hydrogen (secondary N) is 1. The summed E-state index contributed by atoms with van der Waals surface area (Å²) in [7, 11) is 0. The van der Waals surface area contributed by atoms with Crippen LogP contribution in [-0.2, 0) is 9.53 Å². The summed E-state index contributed by atoms with van der Waals surface area (Å²) in [5, 5.41) is 11.9. The minimum absolute atomic E-state index is 0.0640. The third-order valence-electron chi connectivity index (χ3n) is 3.11. The molecule has 1 fully saturated rings. The fraction of sp³-hybridized carbons (Fsp3) is 0.462. The molecule has 2 heterocycles. The smallest absolute Gasteiger partial charge is 0.356 e. The van der Waals surface area contributed by atoms with Crippen molar-refractivity contribution in [1.29, 1.82) is 0 Å². The van der Waals surface area contributed by atoms with E-state index in [0.717, 1.165) is 0 Å². The van der Waals surface area contributed by atoms with Crippen LogP contribution < -0.4 is 10.2 Å². The molecule has 1 aliphatic heterocycles.